The predicted octanol–water partition coefficient (Wildman–Crippen LogP) is 4.66. The number of ether oxygens (including phenoxy) is 1. The maximum Gasteiger partial charge on any atom is 0.321 e. The fraction of sp³-hybridized carbons (Fsp3) is 0.519. The summed E-state index contributed by atoms with van der Waals surface area (Å²) in [6.07, 6.45) is 11.5. The van der Waals surface area contributed by atoms with Gasteiger partial charge in [-0.1, -0.05) is 25.3 Å². The second-order valence-electron chi connectivity index (χ2n) is 9.92. The Bertz CT molecular complexity index is 969. The van der Waals surface area contributed by atoms with Crippen molar-refractivity contribution in [3.05, 3.63) is 54.4 Å². The van der Waals surface area contributed by atoms with Gasteiger partial charge in [0.2, 0.25) is 5.91 Å². The van der Waals surface area contributed by atoms with Gasteiger partial charge in [-0.2, -0.15) is 0 Å². The van der Waals surface area contributed by atoms with Gasteiger partial charge in [-0.05, 0) is 54.7 Å². The van der Waals surface area contributed by atoms with Crippen LogP contribution in [0, 0.1) is 5.92 Å². The van der Waals surface area contributed by atoms with Crippen molar-refractivity contribution < 1.29 is 14.3 Å². The van der Waals surface area contributed by atoms with Crippen LogP contribution in [0.2, 0.25) is 0 Å². The second kappa shape index (κ2) is 10.5. The maximum absolute atomic E-state index is 12.7. The Balaban J connectivity index is 1.05. The van der Waals surface area contributed by atoms with Crippen LogP contribution in [-0.4, -0.2) is 59.0 Å². The first-order valence-electron chi connectivity index (χ1n) is 12.6. The highest BCUT2D eigenvalue weighted by Crippen LogP contribution is 2.29. The highest BCUT2D eigenvalue weighted by Gasteiger charge is 2.32. The molecule has 2 aromatic rings. The lowest BCUT2D eigenvalue weighted by Gasteiger charge is -2.39. The summed E-state index contributed by atoms with van der Waals surface area (Å²) >= 11 is 0. The minimum atomic E-state index is -0.0864. The van der Waals surface area contributed by atoms with E-state index in [2.05, 4.69) is 16.4 Å². The zero-order chi connectivity index (χ0) is 23.3. The van der Waals surface area contributed by atoms with Crippen LogP contribution in [0.25, 0.3) is 0 Å². The first kappa shape index (κ1) is 22.7. The number of anilines is 1. The number of carbonyl (C=O) groups excluding carboxylic acids is 2. The summed E-state index contributed by atoms with van der Waals surface area (Å²) in [5.74, 6) is 1.98. The molecule has 34 heavy (non-hydrogen) atoms. The molecule has 1 aromatic heterocycles. The van der Waals surface area contributed by atoms with E-state index in [1.54, 1.807) is 11.1 Å². The average Bonchev–Trinajstić information content (AvgIpc) is 3.29. The van der Waals surface area contributed by atoms with Gasteiger partial charge in [-0.15, -0.1) is 0 Å². The number of pyridine rings is 1. The van der Waals surface area contributed by atoms with Crippen LogP contribution in [0.3, 0.4) is 0 Å². The fourth-order valence-corrected chi connectivity index (χ4v) is 5.30. The molecule has 180 valence electrons. The van der Waals surface area contributed by atoms with Gasteiger partial charge >= 0.3 is 6.03 Å². The topological polar surface area (TPSA) is 74.8 Å². The second-order valence-corrected chi connectivity index (χ2v) is 9.92. The minimum absolute atomic E-state index is 0.0289. The largest absolute Gasteiger partial charge is 0.489 e. The Kier molecular flexibility index (Phi) is 6.97. The van der Waals surface area contributed by atoms with Crippen LogP contribution in [0.4, 0.5) is 10.5 Å². The van der Waals surface area contributed by atoms with E-state index in [1.807, 2.05) is 41.4 Å². The van der Waals surface area contributed by atoms with E-state index in [0.717, 1.165) is 24.4 Å². The van der Waals surface area contributed by atoms with Gasteiger partial charge < -0.3 is 19.9 Å². The van der Waals surface area contributed by atoms with Crippen molar-refractivity contribution in [2.45, 2.75) is 57.0 Å². The first-order chi connectivity index (χ1) is 16.6. The molecule has 1 aliphatic carbocycles. The number of hydrogen-bond acceptors (Lipinski definition) is 4. The zero-order valence-corrected chi connectivity index (χ0v) is 19.7. The number of rotatable bonds is 6. The molecular weight excluding hydrogens is 428 g/mol. The summed E-state index contributed by atoms with van der Waals surface area (Å²) in [7, 11) is 0. The molecule has 1 N–H and O–H groups in total. The molecule has 5 rings (SSSR count). The molecule has 7 nitrogen and oxygen atoms in total. The molecule has 0 bridgehead atoms. The maximum atomic E-state index is 12.7. The molecule has 0 spiro atoms. The van der Waals surface area contributed by atoms with Gasteiger partial charge in [0.25, 0.3) is 0 Å². The van der Waals surface area contributed by atoms with Crippen LogP contribution >= 0.6 is 0 Å². The Morgan fingerprint density at radius 1 is 0.971 bits per heavy atom. The third-order valence-electron chi connectivity index (χ3n) is 7.42. The summed E-state index contributed by atoms with van der Waals surface area (Å²) in [5, 5.41) is 2.96. The molecular formula is C27H34N4O3. The van der Waals surface area contributed by atoms with Crippen LogP contribution < -0.4 is 10.1 Å². The Morgan fingerprint density at radius 3 is 2.50 bits per heavy atom. The van der Waals surface area contributed by atoms with Gasteiger partial charge in [0, 0.05) is 56.5 Å². The predicted molar refractivity (Wildman–Crippen MR) is 131 cm³/mol. The summed E-state index contributed by atoms with van der Waals surface area (Å²) < 4.78 is 6.13. The van der Waals surface area contributed by atoms with Gasteiger partial charge in [0.15, 0.2) is 0 Å². The molecule has 3 fully saturated rings. The van der Waals surface area contributed by atoms with Crippen molar-refractivity contribution in [2.24, 2.45) is 5.92 Å². The highest BCUT2D eigenvalue weighted by molar-refractivity contribution is 5.90. The number of aromatic nitrogens is 1. The van der Waals surface area contributed by atoms with E-state index in [1.165, 1.54) is 37.7 Å². The molecule has 7 heteroatoms. The van der Waals surface area contributed by atoms with Crippen molar-refractivity contribution >= 4 is 17.6 Å². The quantitative estimate of drug-likeness (QED) is 0.677. The minimum Gasteiger partial charge on any atom is -0.489 e. The van der Waals surface area contributed by atoms with E-state index in [0.29, 0.717) is 37.9 Å². The van der Waals surface area contributed by atoms with Crippen molar-refractivity contribution in [1.29, 1.82) is 0 Å². The van der Waals surface area contributed by atoms with Gasteiger partial charge in [0.05, 0.1) is 6.54 Å². The van der Waals surface area contributed by atoms with Crippen molar-refractivity contribution in [1.82, 2.24) is 14.8 Å². The molecule has 0 radical (unpaired) electrons. The summed E-state index contributed by atoms with van der Waals surface area (Å²) in [6, 6.07) is 11.4. The summed E-state index contributed by atoms with van der Waals surface area (Å²) in [6.45, 7) is 2.85. The van der Waals surface area contributed by atoms with Crippen LogP contribution in [0.15, 0.2) is 48.8 Å². The summed E-state index contributed by atoms with van der Waals surface area (Å²) in [4.78, 5) is 33.1. The molecule has 1 unspecified atom stereocenters. The lowest BCUT2D eigenvalue weighted by molar-refractivity contribution is -0.131. The lowest BCUT2D eigenvalue weighted by Crippen LogP contribution is -2.50. The average molecular weight is 463 g/mol. The van der Waals surface area contributed by atoms with E-state index >= 15 is 0 Å². The van der Waals surface area contributed by atoms with E-state index in [-0.39, 0.29) is 18.0 Å². The lowest BCUT2D eigenvalue weighted by atomic mass is 9.87. The Hall–Kier alpha value is -3.09. The van der Waals surface area contributed by atoms with Crippen LogP contribution in [0.5, 0.6) is 5.75 Å². The monoisotopic (exact) mass is 462 g/mol. The normalized spacial score (nSPS) is 21.2. The van der Waals surface area contributed by atoms with Crippen molar-refractivity contribution in [2.75, 3.05) is 31.5 Å². The van der Waals surface area contributed by atoms with Gasteiger partial charge in [0.1, 0.15) is 11.9 Å². The number of amides is 3. The summed E-state index contributed by atoms with van der Waals surface area (Å²) in [5.41, 5.74) is 1.92. The van der Waals surface area contributed by atoms with Gasteiger partial charge in [-0.25, -0.2) is 4.79 Å². The standard InChI is InChI=1S/C27H34N4O3/c32-26(15-20-5-2-1-3-6-20)30-14-12-25(19-30)34-24-10-8-23(9-11-24)29-27(33)31-17-22(18-31)21-7-4-13-28-16-21/h4,7-11,13,16,20,22,25H,1-3,5-6,12,14-15,17-19H2,(H,29,33). The first-order valence-corrected chi connectivity index (χ1v) is 12.6. The third kappa shape index (κ3) is 5.51. The van der Waals surface area contributed by atoms with Crippen LogP contribution in [-0.2, 0) is 4.79 Å². The number of hydrogen-bond donors (Lipinski definition) is 1. The highest BCUT2D eigenvalue weighted by atomic mass is 16.5. The smallest absolute Gasteiger partial charge is 0.321 e. The number of urea groups is 1. The Morgan fingerprint density at radius 2 is 1.76 bits per heavy atom. The molecule has 1 saturated carbocycles. The van der Waals surface area contributed by atoms with E-state index in [9.17, 15) is 9.59 Å². The molecule has 2 aliphatic heterocycles. The SMILES string of the molecule is O=C(CC1CCCCC1)N1CCC(Oc2ccc(NC(=O)N3CC(c4cccnc4)C3)cc2)C1. The molecule has 1 atom stereocenters. The number of likely N-dealkylation sites (tertiary alicyclic amines) is 2. The van der Waals surface area contributed by atoms with E-state index < -0.39 is 0 Å². The number of nitrogens with one attached hydrogen (secondary N) is 1. The Labute approximate surface area is 201 Å². The molecule has 3 heterocycles. The van der Waals surface area contributed by atoms with Crippen molar-refractivity contribution in [3.63, 3.8) is 0 Å². The van der Waals surface area contributed by atoms with E-state index in [4.69, 9.17) is 4.74 Å². The third-order valence-corrected chi connectivity index (χ3v) is 7.42. The molecule has 3 aliphatic rings. The zero-order valence-electron chi connectivity index (χ0n) is 19.7. The number of carbonyl (C=O) groups is 2. The van der Waals surface area contributed by atoms with Crippen molar-refractivity contribution in [3.8, 4) is 5.75 Å². The molecule has 3 amide bonds. The van der Waals surface area contributed by atoms with Crippen LogP contribution in [0.1, 0.15) is 56.4 Å². The molecule has 2 saturated heterocycles. The fourth-order valence-electron chi connectivity index (χ4n) is 5.30. The van der Waals surface area contributed by atoms with Gasteiger partial charge in [-0.3, -0.25) is 9.78 Å². The number of nitrogens with zero attached hydrogens (tertiary/aromatic N) is 3. The number of benzene rings is 1. The molecule has 1 aromatic carbocycles.